The van der Waals surface area contributed by atoms with Gasteiger partial charge in [-0.2, -0.15) is 13.2 Å². The number of halogens is 3. The highest BCUT2D eigenvalue weighted by Gasteiger charge is 2.46. The molecule has 0 radical (unpaired) electrons. The van der Waals surface area contributed by atoms with E-state index in [1.807, 2.05) is 5.10 Å². The van der Waals surface area contributed by atoms with Crippen molar-refractivity contribution in [3.05, 3.63) is 52.8 Å². The number of nitrogens with one attached hydrogen (secondary N) is 1. The van der Waals surface area contributed by atoms with E-state index >= 15 is 0 Å². The van der Waals surface area contributed by atoms with Crippen LogP contribution in [0.25, 0.3) is 0 Å². The van der Waals surface area contributed by atoms with Gasteiger partial charge in [0, 0.05) is 12.4 Å². The van der Waals surface area contributed by atoms with Gasteiger partial charge in [-0.15, -0.1) is 5.10 Å². The number of rotatable bonds is 2. The first-order valence-corrected chi connectivity index (χ1v) is 6.65. The van der Waals surface area contributed by atoms with Crippen LogP contribution in [0.2, 0.25) is 0 Å². The van der Waals surface area contributed by atoms with Crippen molar-refractivity contribution in [1.82, 2.24) is 15.2 Å². The third-order valence-corrected chi connectivity index (χ3v) is 3.52. The number of alkyl halides is 3. The van der Waals surface area contributed by atoms with E-state index < -0.39 is 23.8 Å². The number of carbonyl (C=O) groups is 1. The average Bonchev–Trinajstić information content (AvgIpc) is 2.97. The lowest BCUT2D eigenvalue weighted by molar-refractivity contribution is -0.142. The summed E-state index contributed by atoms with van der Waals surface area (Å²) in [5.41, 5.74) is 4.32. The Hall–Kier alpha value is -3.04. The molecule has 126 valence electrons. The molecular weight excluding hydrogens is 329 g/mol. The molecule has 0 aromatic carbocycles. The van der Waals surface area contributed by atoms with Gasteiger partial charge < -0.3 is 15.2 Å². The summed E-state index contributed by atoms with van der Waals surface area (Å²) in [6.45, 7) is 0. The smallest absolute Gasteiger partial charge is 0.433 e. The van der Waals surface area contributed by atoms with Crippen molar-refractivity contribution in [2.75, 3.05) is 7.11 Å². The predicted molar refractivity (Wildman–Crippen MR) is 73.5 cm³/mol. The number of carbonyl (C=O) groups excluding carboxylic acids is 1. The normalized spacial score (nSPS) is 17.2. The first-order valence-electron chi connectivity index (χ1n) is 6.65. The number of aromatic amines is 1. The Morgan fingerprint density at radius 3 is 2.79 bits per heavy atom. The molecule has 3 N–H and O–H groups in total. The number of ether oxygens (including phenoxy) is 2. The second-order valence-electron chi connectivity index (χ2n) is 4.91. The summed E-state index contributed by atoms with van der Waals surface area (Å²) in [5, 5.41) is 5.41. The Kier molecular flexibility index (Phi) is 3.66. The molecule has 1 unspecified atom stereocenters. The summed E-state index contributed by atoms with van der Waals surface area (Å²) >= 11 is 0. The molecule has 1 aliphatic rings. The van der Waals surface area contributed by atoms with E-state index in [0.29, 0.717) is 5.56 Å². The fourth-order valence-electron chi connectivity index (χ4n) is 2.55. The van der Waals surface area contributed by atoms with E-state index in [4.69, 9.17) is 10.5 Å². The van der Waals surface area contributed by atoms with Crippen LogP contribution in [-0.4, -0.2) is 28.3 Å². The number of hydrogen-bond donors (Lipinski definition) is 2. The van der Waals surface area contributed by atoms with E-state index in [0.717, 1.165) is 7.11 Å². The lowest BCUT2D eigenvalue weighted by Crippen LogP contribution is -2.28. The van der Waals surface area contributed by atoms with Crippen molar-refractivity contribution in [1.29, 1.82) is 0 Å². The third-order valence-electron chi connectivity index (χ3n) is 3.52. The van der Waals surface area contributed by atoms with Crippen molar-refractivity contribution < 1.29 is 27.4 Å². The van der Waals surface area contributed by atoms with Crippen molar-refractivity contribution >= 4 is 5.97 Å². The third kappa shape index (κ3) is 2.45. The molecule has 1 atom stereocenters. The number of nitrogens with two attached hydrogens (primary N) is 1. The van der Waals surface area contributed by atoms with E-state index in [1.165, 1.54) is 24.5 Å². The van der Waals surface area contributed by atoms with Crippen LogP contribution >= 0.6 is 0 Å². The number of fused-ring (bicyclic) bond motifs is 1. The van der Waals surface area contributed by atoms with Gasteiger partial charge in [0.1, 0.15) is 11.3 Å². The molecule has 0 spiro atoms. The molecule has 3 rings (SSSR count). The second-order valence-corrected chi connectivity index (χ2v) is 4.91. The molecule has 2 aromatic rings. The molecule has 0 fully saturated rings. The first-order chi connectivity index (χ1) is 11.3. The molecule has 2 aromatic heterocycles. The Balaban J connectivity index is 2.27. The standard InChI is InChI=1S/C14H11F3N4O3/c1-23-13(22)9-7(6-3-2-4-19-5-6)8-10(14(15,16)17)20-21-12(8)24-11(9)18/h2-5,7H,18H2,1H3,(H,20,21). The number of methoxy groups -OCH3 is 1. The minimum absolute atomic E-state index is 0.245. The summed E-state index contributed by atoms with van der Waals surface area (Å²) in [7, 11) is 1.10. The van der Waals surface area contributed by atoms with Crippen LogP contribution in [0.3, 0.4) is 0 Å². The van der Waals surface area contributed by atoms with E-state index in [2.05, 4.69) is 14.8 Å². The van der Waals surface area contributed by atoms with Gasteiger partial charge >= 0.3 is 12.1 Å². The van der Waals surface area contributed by atoms with E-state index in [-0.39, 0.29) is 22.9 Å². The quantitative estimate of drug-likeness (QED) is 0.807. The number of esters is 1. The zero-order chi connectivity index (χ0) is 17.5. The van der Waals surface area contributed by atoms with Crippen molar-refractivity contribution in [2.24, 2.45) is 5.73 Å². The van der Waals surface area contributed by atoms with Crippen molar-refractivity contribution in [3.8, 4) is 5.88 Å². The van der Waals surface area contributed by atoms with Gasteiger partial charge in [-0.25, -0.2) is 4.79 Å². The molecule has 0 bridgehead atoms. The van der Waals surface area contributed by atoms with Gasteiger partial charge in [-0.3, -0.25) is 10.1 Å². The van der Waals surface area contributed by atoms with Crippen LogP contribution < -0.4 is 10.5 Å². The van der Waals surface area contributed by atoms with Crippen molar-refractivity contribution in [3.63, 3.8) is 0 Å². The molecule has 0 saturated carbocycles. The summed E-state index contributed by atoms with van der Waals surface area (Å²) in [4.78, 5) is 16.0. The molecule has 7 nitrogen and oxygen atoms in total. The SMILES string of the molecule is COC(=O)C1=C(N)Oc2n[nH]c(C(F)(F)F)c2C1c1cccnc1. The van der Waals surface area contributed by atoms with Gasteiger partial charge in [0.2, 0.25) is 11.8 Å². The molecule has 0 saturated heterocycles. The largest absolute Gasteiger partial charge is 0.465 e. The minimum atomic E-state index is -4.72. The zero-order valence-corrected chi connectivity index (χ0v) is 12.2. The molecule has 1 aliphatic heterocycles. The van der Waals surface area contributed by atoms with Crippen LogP contribution in [0.15, 0.2) is 36.0 Å². The Labute approximate surface area is 133 Å². The van der Waals surface area contributed by atoms with Crippen LogP contribution in [0.4, 0.5) is 13.2 Å². The van der Waals surface area contributed by atoms with Crippen LogP contribution in [0.1, 0.15) is 22.7 Å². The number of hydrogen-bond acceptors (Lipinski definition) is 6. The maximum absolute atomic E-state index is 13.3. The second kappa shape index (κ2) is 5.55. The van der Waals surface area contributed by atoms with Crippen LogP contribution in [0, 0.1) is 0 Å². The van der Waals surface area contributed by atoms with Gasteiger partial charge in [0.25, 0.3) is 0 Å². The molecule has 0 aliphatic carbocycles. The van der Waals surface area contributed by atoms with Gasteiger partial charge in [0.05, 0.1) is 18.6 Å². The summed E-state index contributed by atoms with van der Waals surface area (Å²) < 4.78 is 49.6. The highest BCUT2D eigenvalue weighted by Crippen LogP contribution is 2.47. The predicted octanol–water partition coefficient (Wildman–Crippen LogP) is 1.69. The van der Waals surface area contributed by atoms with Gasteiger partial charge in [0.15, 0.2) is 0 Å². The summed E-state index contributed by atoms with van der Waals surface area (Å²) in [6, 6.07) is 3.05. The van der Waals surface area contributed by atoms with E-state index in [9.17, 15) is 18.0 Å². The van der Waals surface area contributed by atoms with Gasteiger partial charge in [-0.05, 0) is 11.6 Å². The van der Waals surface area contributed by atoms with E-state index in [1.54, 1.807) is 0 Å². The number of H-pyrrole nitrogens is 1. The molecular formula is C14H11F3N4O3. The maximum atomic E-state index is 13.3. The number of aromatic nitrogens is 3. The van der Waals surface area contributed by atoms with Gasteiger partial charge in [-0.1, -0.05) is 6.07 Å². The summed E-state index contributed by atoms with van der Waals surface area (Å²) in [6.07, 6.45) is -1.93. The highest BCUT2D eigenvalue weighted by molar-refractivity contribution is 5.92. The Morgan fingerprint density at radius 2 is 2.21 bits per heavy atom. The Morgan fingerprint density at radius 1 is 1.46 bits per heavy atom. The van der Waals surface area contributed by atoms with Crippen LogP contribution in [0.5, 0.6) is 5.88 Å². The highest BCUT2D eigenvalue weighted by atomic mass is 19.4. The fraction of sp³-hybridized carbons (Fsp3) is 0.214. The number of nitrogens with zero attached hydrogens (tertiary/aromatic N) is 2. The summed E-state index contributed by atoms with van der Waals surface area (Å²) in [5.74, 6) is -2.80. The van der Waals surface area contributed by atoms with Crippen molar-refractivity contribution in [2.45, 2.75) is 12.1 Å². The Bertz CT molecular complexity index is 814. The molecule has 3 heterocycles. The number of pyridine rings is 1. The molecule has 24 heavy (non-hydrogen) atoms. The maximum Gasteiger partial charge on any atom is 0.433 e. The van der Waals surface area contributed by atoms with Crippen LogP contribution in [-0.2, 0) is 15.7 Å². The minimum Gasteiger partial charge on any atom is -0.465 e. The average molecular weight is 340 g/mol. The first kappa shape index (κ1) is 15.8. The lowest BCUT2D eigenvalue weighted by atomic mass is 9.84. The lowest BCUT2D eigenvalue weighted by Gasteiger charge is -2.26. The zero-order valence-electron chi connectivity index (χ0n) is 12.2. The molecule has 10 heteroatoms. The fourth-order valence-corrected chi connectivity index (χ4v) is 2.55. The topological polar surface area (TPSA) is 103 Å². The molecule has 0 amide bonds. The monoisotopic (exact) mass is 340 g/mol.